The Labute approximate surface area is 151 Å². The smallest absolute Gasteiger partial charge is 0.337 e. The van der Waals surface area contributed by atoms with Crippen LogP contribution in [0.3, 0.4) is 0 Å². The summed E-state index contributed by atoms with van der Waals surface area (Å²) in [4.78, 5) is 22.6. The minimum absolute atomic E-state index is 0.315. The number of methoxy groups -OCH3 is 3. The quantitative estimate of drug-likeness (QED) is 0.560. The fourth-order valence-corrected chi connectivity index (χ4v) is 2.16. The number of ether oxygens (including phenoxy) is 4. The SMILES string of the molecule is COC(=O)C=Cc1ccc(OCc2ccc(C(=O)OC)cc2)c(OC)c1. The van der Waals surface area contributed by atoms with Crippen molar-refractivity contribution in [3.05, 3.63) is 65.2 Å². The minimum atomic E-state index is -0.431. The van der Waals surface area contributed by atoms with Crippen molar-refractivity contribution in [3.63, 3.8) is 0 Å². The van der Waals surface area contributed by atoms with Gasteiger partial charge in [-0.2, -0.15) is 0 Å². The van der Waals surface area contributed by atoms with Crippen LogP contribution >= 0.6 is 0 Å². The van der Waals surface area contributed by atoms with E-state index in [2.05, 4.69) is 9.47 Å². The lowest BCUT2D eigenvalue weighted by atomic mass is 10.1. The number of rotatable bonds is 7. The molecule has 0 fully saturated rings. The molecule has 2 aromatic rings. The van der Waals surface area contributed by atoms with Gasteiger partial charge in [0.1, 0.15) is 6.61 Å². The summed E-state index contributed by atoms with van der Waals surface area (Å²) in [5, 5.41) is 0. The molecule has 0 unspecified atom stereocenters. The summed E-state index contributed by atoms with van der Waals surface area (Å²) in [6.07, 6.45) is 2.96. The first-order valence-electron chi connectivity index (χ1n) is 7.81. The van der Waals surface area contributed by atoms with Crippen LogP contribution in [0.25, 0.3) is 6.08 Å². The minimum Gasteiger partial charge on any atom is -0.493 e. The van der Waals surface area contributed by atoms with Crippen molar-refractivity contribution >= 4 is 18.0 Å². The maximum atomic E-state index is 11.4. The van der Waals surface area contributed by atoms with E-state index in [0.717, 1.165) is 11.1 Å². The van der Waals surface area contributed by atoms with E-state index in [9.17, 15) is 9.59 Å². The number of benzene rings is 2. The lowest BCUT2D eigenvalue weighted by molar-refractivity contribution is -0.134. The van der Waals surface area contributed by atoms with Crippen molar-refractivity contribution in [1.82, 2.24) is 0 Å². The van der Waals surface area contributed by atoms with Gasteiger partial charge < -0.3 is 18.9 Å². The average Bonchev–Trinajstić information content (AvgIpc) is 2.70. The van der Waals surface area contributed by atoms with Crippen LogP contribution in [0.4, 0.5) is 0 Å². The maximum Gasteiger partial charge on any atom is 0.337 e. The highest BCUT2D eigenvalue weighted by Gasteiger charge is 2.07. The molecule has 2 aromatic carbocycles. The summed E-state index contributed by atoms with van der Waals surface area (Å²) in [5.74, 6) is 0.303. The molecule has 26 heavy (non-hydrogen) atoms. The standard InChI is InChI=1S/C20H20O6/c1-23-18-12-14(7-11-19(21)24-2)6-10-17(18)26-13-15-4-8-16(9-5-15)20(22)25-3/h4-12H,13H2,1-3H3. The molecule has 6 nitrogen and oxygen atoms in total. The molecule has 136 valence electrons. The van der Waals surface area contributed by atoms with Gasteiger partial charge >= 0.3 is 11.9 Å². The van der Waals surface area contributed by atoms with Gasteiger partial charge in [-0.15, -0.1) is 0 Å². The zero-order valence-electron chi connectivity index (χ0n) is 14.9. The molecule has 0 aliphatic rings. The van der Waals surface area contributed by atoms with Crippen molar-refractivity contribution in [3.8, 4) is 11.5 Å². The van der Waals surface area contributed by atoms with E-state index in [1.54, 1.807) is 55.7 Å². The Hall–Kier alpha value is -3.28. The van der Waals surface area contributed by atoms with Crippen molar-refractivity contribution in [2.45, 2.75) is 6.61 Å². The van der Waals surface area contributed by atoms with Gasteiger partial charge in [0.15, 0.2) is 11.5 Å². The van der Waals surface area contributed by atoms with Crippen LogP contribution in [0.15, 0.2) is 48.5 Å². The highest BCUT2D eigenvalue weighted by Crippen LogP contribution is 2.29. The van der Waals surface area contributed by atoms with Crippen molar-refractivity contribution in [2.24, 2.45) is 0 Å². The molecule has 0 heterocycles. The second kappa shape index (κ2) is 9.27. The maximum absolute atomic E-state index is 11.4. The van der Waals surface area contributed by atoms with Crippen LogP contribution in [-0.4, -0.2) is 33.3 Å². The predicted octanol–water partition coefficient (Wildman–Crippen LogP) is 3.25. The van der Waals surface area contributed by atoms with Gasteiger partial charge in [0.25, 0.3) is 0 Å². The summed E-state index contributed by atoms with van der Waals surface area (Å²) in [6.45, 7) is 0.315. The summed E-state index contributed by atoms with van der Waals surface area (Å²) in [6, 6.07) is 12.3. The third-order valence-electron chi connectivity index (χ3n) is 3.57. The Morgan fingerprint density at radius 2 is 1.65 bits per heavy atom. The van der Waals surface area contributed by atoms with Crippen molar-refractivity contribution in [1.29, 1.82) is 0 Å². The summed E-state index contributed by atoms with van der Waals surface area (Å²) < 4.78 is 20.3. The van der Waals surface area contributed by atoms with Crippen molar-refractivity contribution in [2.75, 3.05) is 21.3 Å². The Morgan fingerprint density at radius 3 is 2.27 bits per heavy atom. The molecule has 2 rings (SSSR count). The van der Waals surface area contributed by atoms with Gasteiger partial charge in [-0.1, -0.05) is 18.2 Å². The van der Waals surface area contributed by atoms with E-state index in [-0.39, 0.29) is 5.97 Å². The molecule has 0 N–H and O–H groups in total. The van der Waals surface area contributed by atoms with Crippen LogP contribution in [0.5, 0.6) is 11.5 Å². The van der Waals surface area contributed by atoms with Crippen LogP contribution < -0.4 is 9.47 Å². The lowest BCUT2D eigenvalue weighted by Gasteiger charge is -2.11. The Bertz CT molecular complexity index is 792. The van der Waals surface area contributed by atoms with Gasteiger partial charge in [0, 0.05) is 6.08 Å². The highest BCUT2D eigenvalue weighted by molar-refractivity contribution is 5.89. The fraction of sp³-hybridized carbons (Fsp3) is 0.200. The molecule has 0 spiro atoms. The van der Waals surface area contributed by atoms with E-state index in [4.69, 9.17) is 9.47 Å². The van der Waals surface area contributed by atoms with Gasteiger partial charge in [-0.25, -0.2) is 9.59 Å². The summed E-state index contributed by atoms with van der Waals surface area (Å²) in [5.41, 5.74) is 2.16. The molecule has 0 saturated carbocycles. The first-order valence-corrected chi connectivity index (χ1v) is 7.81. The van der Waals surface area contributed by atoms with Gasteiger partial charge in [0.05, 0.1) is 26.9 Å². The molecule has 0 amide bonds. The molecule has 0 atom stereocenters. The zero-order valence-corrected chi connectivity index (χ0v) is 14.9. The second-order valence-corrected chi connectivity index (χ2v) is 5.24. The summed E-state index contributed by atoms with van der Waals surface area (Å²) in [7, 11) is 4.21. The molecule has 0 radical (unpaired) electrons. The number of carbonyl (C=O) groups excluding carboxylic acids is 2. The average molecular weight is 356 g/mol. The largest absolute Gasteiger partial charge is 0.493 e. The Balaban J connectivity index is 2.06. The highest BCUT2D eigenvalue weighted by atomic mass is 16.5. The van der Waals surface area contributed by atoms with Gasteiger partial charge in [-0.3, -0.25) is 0 Å². The third kappa shape index (κ3) is 5.11. The fourth-order valence-electron chi connectivity index (χ4n) is 2.16. The first-order chi connectivity index (χ1) is 12.6. The third-order valence-corrected chi connectivity index (χ3v) is 3.57. The van der Waals surface area contributed by atoms with E-state index in [0.29, 0.717) is 23.7 Å². The normalized spacial score (nSPS) is 10.4. The van der Waals surface area contributed by atoms with Crippen LogP contribution in [0, 0.1) is 0 Å². The molecule has 0 aromatic heterocycles. The summed E-state index contributed by atoms with van der Waals surface area (Å²) >= 11 is 0. The van der Waals surface area contributed by atoms with E-state index >= 15 is 0 Å². The molecule has 6 heteroatoms. The topological polar surface area (TPSA) is 71.1 Å². The van der Waals surface area contributed by atoms with Crippen LogP contribution in [0.2, 0.25) is 0 Å². The van der Waals surface area contributed by atoms with Crippen LogP contribution in [0.1, 0.15) is 21.5 Å². The number of hydrogen-bond acceptors (Lipinski definition) is 6. The van der Waals surface area contributed by atoms with Crippen LogP contribution in [-0.2, 0) is 20.9 Å². The van der Waals surface area contributed by atoms with E-state index in [1.165, 1.54) is 20.3 Å². The monoisotopic (exact) mass is 356 g/mol. The van der Waals surface area contributed by atoms with Gasteiger partial charge in [0.2, 0.25) is 0 Å². The van der Waals surface area contributed by atoms with Crippen molar-refractivity contribution < 1.29 is 28.5 Å². The van der Waals surface area contributed by atoms with Gasteiger partial charge in [-0.05, 0) is 41.5 Å². The predicted molar refractivity (Wildman–Crippen MR) is 96.2 cm³/mol. The number of esters is 2. The van der Waals surface area contributed by atoms with E-state index < -0.39 is 5.97 Å². The molecular weight excluding hydrogens is 336 g/mol. The zero-order chi connectivity index (χ0) is 18.9. The second-order valence-electron chi connectivity index (χ2n) is 5.24. The molecule has 0 saturated heterocycles. The lowest BCUT2D eigenvalue weighted by Crippen LogP contribution is -2.02. The first kappa shape index (κ1) is 19.1. The molecular formula is C20H20O6. The Morgan fingerprint density at radius 1 is 0.923 bits per heavy atom. The Kier molecular flexibility index (Phi) is 6.79. The number of carbonyl (C=O) groups is 2. The van der Waals surface area contributed by atoms with E-state index in [1.807, 2.05) is 0 Å². The molecule has 0 aliphatic carbocycles. The molecule has 0 bridgehead atoms. The molecule has 0 aliphatic heterocycles. The number of hydrogen-bond donors (Lipinski definition) is 0.